The SMILES string of the molecule is CCCCC/C=C\C/C=C\C/C=C\CCCCC(=O)OC[C@H](COC(=O)CCCCCCCCCCCCC)OC(=O)CCCCCCCCCCC/C=C\C/C=C\CCCCC. The normalized spacial score (nSPS) is 12.5. The third-order valence-electron chi connectivity index (χ3n) is 11.5. The van der Waals surface area contributed by atoms with Gasteiger partial charge >= 0.3 is 17.9 Å². The first-order chi connectivity index (χ1) is 31.0. The van der Waals surface area contributed by atoms with Gasteiger partial charge in [-0.05, 0) is 89.9 Å². The van der Waals surface area contributed by atoms with Crippen LogP contribution in [0.4, 0.5) is 0 Å². The largest absolute Gasteiger partial charge is 0.462 e. The highest BCUT2D eigenvalue weighted by molar-refractivity contribution is 5.71. The summed E-state index contributed by atoms with van der Waals surface area (Å²) in [6.07, 6.45) is 63.5. The Morgan fingerprint density at radius 1 is 0.317 bits per heavy atom. The molecule has 0 spiro atoms. The molecule has 0 aromatic rings. The zero-order chi connectivity index (χ0) is 45.8. The van der Waals surface area contributed by atoms with E-state index in [0.717, 1.165) is 77.0 Å². The number of ether oxygens (including phenoxy) is 3. The smallest absolute Gasteiger partial charge is 0.306 e. The van der Waals surface area contributed by atoms with E-state index in [4.69, 9.17) is 14.2 Å². The first-order valence-electron chi connectivity index (χ1n) is 26.8. The summed E-state index contributed by atoms with van der Waals surface area (Å²) in [6, 6.07) is 0. The fourth-order valence-corrected chi connectivity index (χ4v) is 7.42. The molecule has 0 aromatic carbocycles. The molecule has 0 saturated heterocycles. The maximum Gasteiger partial charge on any atom is 0.306 e. The minimum atomic E-state index is -0.789. The van der Waals surface area contributed by atoms with E-state index in [0.29, 0.717) is 19.3 Å². The molecule has 0 aliphatic carbocycles. The molecular formula is C57H100O6. The average Bonchev–Trinajstić information content (AvgIpc) is 3.28. The van der Waals surface area contributed by atoms with Gasteiger partial charge in [-0.3, -0.25) is 14.4 Å². The molecule has 0 N–H and O–H groups in total. The van der Waals surface area contributed by atoms with Crippen molar-refractivity contribution in [2.75, 3.05) is 13.2 Å². The predicted molar refractivity (Wildman–Crippen MR) is 270 cm³/mol. The molecule has 6 heteroatoms. The quantitative estimate of drug-likeness (QED) is 0.0262. The van der Waals surface area contributed by atoms with E-state index in [1.54, 1.807) is 0 Å². The molecule has 0 aromatic heterocycles. The lowest BCUT2D eigenvalue weighted by molar-refractivity contribution is -0.167. The molecule has 0 amide bonds. The van der Waals surface area contributed by atoms with E-state index >= 15 is 0 Å². The summed E-state index contributed by atoms with van der Waals surface area (Å²) in [7, 11) is 0. The lowest BCUT2D eigenvalue weighted by Crippen LogP contribution is -2.30. The molecule has 1 atom stereocenters. The van der Waals surface area contributed by atoms with Gasteiger partial charge in [0.1, 0.15) is 13.2 Å². The molecule has 0 unspecified atom stereocenters. The van der Waals surface area contributed by atoms with Gasteiger partial charge in [0, 0.05) is 19.3 Å². The molecule has 0 saturated carbocycles. The topological polar surface area (TPSA) is 78.9 Å². The second-order valence-corrected chi connectivity index (χ2v) is 17.8. The molecule has 0 aliphatic rings. The highest BCUT2D eigenvalue weighted by Crippen LogP contribution is 2.15. The van der Waals surface area contributed by atoms with E-state index in [1.807, 2.05) is 0 Å². The van der Waals surface area contributed by atoms with Crippen LogP contribution in [0.25, 0.3) is 0 Å². The molecule has 0 radical (unpaired) electrons. The predicted octanol–water partition coefficient (Wildman–Crippen LogP) is 17.6. The summed E-state index contributed by atoms with van der Waals surface area (Å²) in [5.74, 6) is -0.925. The molecule has 0 heterocycles. The van der Waals surface area contributed by atoms with Gasteiger partial charge in [0.15, 0.2) is 6.10 Å². The van der Waals surface area contributed by atoms with Crippen molar-refractivity contribution in [2.45, 2.75) is 271 Å². The number of unbranched alkanes of at least 4 members (excludes halogenated alkanes) is 27. The monoisotopic (exact) mass is 881 g/mol. The second kappa shape index (κ2) is 51.7. The molecule has 0 aliphatic heterocycles. The standard InChI is InChI=1S/C57H100O6/c1-4-7-10-13-16-19-22-24-26-27-28-29-31-33-36-39-42-45-48-51-57(60)63-54(52-61-55(58)49-46-43-40-37-34-21-18-15-12-9-6-3)53-62-56(59)50-47-44-41-38-35-32-30-25-23-20-17-14-11-8-5-2/h16-17,19-20,24-26,30,35,38,54H,4-15,18,21-23,27-29,31-34,36-37,39-53H2,1-3H3/b19-16-,20-17-,26-24-,30-25-,38-35-/t54-/m0/s1. The summed E-state index contributed by atoms with van der Waals surface area (Å²) in [6.45, 7) is 6.55. The third kappa shape index (κ3) is 50.0. The average molecular weight is 881 g/mol. The maximum absolute atomic E-state index is 12.8. The Balaban J connectivity index is 4.40. The fourth-order valence-electron chi connectivity index (χ4n) is 7.42. The third-order valence-corrected chi connectivity index (χ3v) is 11.5. The van der Waals surface area contributed by atoms with Gasteiger partial charge in [-0.1, -0.05) is 216 Å². The van der Waals surface area contributed by atoms with Crippen molar-refractivity contribution in [3.05, 3.63) is 60.8 Å². The van der Waals surface area contributed by atoms with Crippen LogP contribution in [0.2, 0.25) is 0 Å². The lowest BCUT2D eigenvalue weighted by atomic mass is 10.1. The van der Waals surface area contributed by atoms with E-state index in [2.05, 4.69) is 81.5 Å². The van der Waals surface area contributed by atoms with Crippen LogP contribution in [-0.4, -0.2) is 37.2 Å². The Kier molecular flexibility index (Phi) is 49.4. The van der Waals surface area contributed by atoms with Crippen LogP contribution in [0, 0.1) is 0 Å². The molecule has 364 valence electrons. The van der Waals surface area contributed by atoms with Crippen molar-refractivity contribution in [2.24, 2.45) is 0 Å². The first kappa shape index (κ1) is 60.1. The highest BCUT2D eigenvalue weighted by Gasteiger charge is 2.19. The number of hydrogen-bond acceptors (Lipinski definition) is 6. The number of rotatable bonds is 48. The van der Waals surface area contributed by atoms with Gasteiger partial charge in [0.25, 0.3) is 0 Å². The molecule has 0 bridgehead atoms. The van der Waals surface area contributed by atoms with Gasteiger partial charge in [-0.25, -0.2) is 0 Å². The molecule has 6 nitrogen and oxygen atoms in total. The second-order valence-electron chi connectivity index (χ2n) is 17.8. The van der Waals surface area contributed by atoms with Gasteiger partial charge in [-0.2, -0.15) is 0 Å². The van der Waals surface area contributed by atoms with Gasteiger partial charge in [0.05, 0.1) is 0 Å². The lowest BCUT2D eigenvalue weighted by Gasteiger charge is -2.18. The number of carbonyl (C=O) groups excluding carboxylic acids is 3. The summed E-state index contributed by atoms with van der Waals surface area (Å²) >= 11 is 0. The number of allylic oxidation sites excluding steroid dienone is 10. The Labute approximate surface area is 390 Å². The summed E-state index contributed by atoms with van der Waals surface area (Å²) in [4.78, 5) is 38.0. The molecule has 0 fully saturated rings. The van der Waals surface area contributed by atoms with Crippen molar-refractivity contribution in [3.63, 3.8) is 0 Å². The van der Waals surface area contributed by atoms with Crippen molar-refractivity contribution in [1.82, 2.24) is 0 Å². The van der Waals surface area contributed by atoms with Crippen molar-refractivity contribution in [1.29, 1.82) is 0 Å². The van der Waals surface area contributed by atoms with Crippen LogP contribution in [0.3, 0.4) is 0 Å². The minimum absolute atomic E-state index is 0.0861. The van der Waals surface area contributed by atoms with Crippen molar-refractivity contribution >= 4 is 17.9 Å². The van der Waals surface area contributed by atoms with Crippen LogP contribution in [-0.2, 0) is 28.6 Å². The van der Waals surface area contributed by atoms with E-state index in [-0.39, 0.29) is 31.1 Å². The summed E-state index contributed by atoms with van der Waals surface area (Å²) in [5, 5.41) is 0. The van der Waals surface area contributed by atoms with Crippen molar-refractivity contribution in [3.8, 4) is 0 Å². The van der Waals surface area contributed by atoms with Crippen LogP contribution in [0.1, 0.15) is 265 Å². The van der Waals surface area contributed by atoms with Crippen LogP contribution < -0.4 is 0 Å². The van der Waals surface area contributed by atoms with Crippen LogP contribution in [0.5, 0.6) is 0 Å². The Hall–Kier alpha value is -2.89. The Morgan fingerprint density at radius 3 is 0.952 bits per heavy atom. The summed E-state index contributed by atoms with van der Waals surface area (Å²) < 4.78 is 16.8. The van der Waals surface area contributed by atoms with Gasteiger partial charge in [-0.15, -0.1) is 0 Å². The number of carbonyl (C=O) groups is 3. The summed E-state index contributed by atoms with van der Waals surface area (Å²) in [5.41, 5.74) is 0. The van der Waals surface area contributed by atoms with Gasteiger partial charge in [0.2, 0.25) is 0 Å². The van der Waals surface area contributed by atoms with E-state index in [9.17, 15) is 14.4 Å². The van der Waals surface area contributed by atoms with Gasteiger partial charge < -0.3 is 14.2 Å². The zero-order valence-electron chi connectivity index (χ0n) is 41.6. The zero-order valence-corrected chi connectivity index (χ0v) is 41.6. The first-order valence-corrected chi connectivity index (χ1v) is 26.8. The Morgan fingerprint density at radius 2 is 0.571 bits per heavy atom. The number of hydrogen-bond donors (Lipinski definition) is 0. The van der Waals surface area contributed by atoms with E-state index in [1.165, 1.54) is 148 Å². The highest BCUT2D eigenvalue weighted by atomic mass is 16.6. The minimum Gasteiger partial charge on any atom is -0.462 e. The van der Waals surface area contributed by atoms with Crippen LogP contribution >= 0.6 is 0 Å². The Bertz CT molecular complexity index is 1150. The molecular weight excluding hydrogens is 781 g/mol. The number of esters is 3. The molecule has 0 rings (SSSR count). The maximum atomic E-state index is 12.8. The van der Waals surface area contributed by atoms with Crippen molar-refractivity contribution < 1.29 is 28.6 Å². The van der Waals surface area contributed by atoms with E-state index < -0.39 is 6.10 Å². The van der Waals surface area contributed by atoms with Crippen LogP contribution in [0.15, 0.2) is 60.8 Å². The fraction of sp³-hybridized carbons (Fsp3) is 0.772. The molecule has 63 heavy (non-hydrogen) atoms.